The molecule has 0 saturated carbocycles. The van der Waals surface area contributed by atoms with E-state index in [9.17, 15) is 0 Å². The molecule has 1 fully saturated rings. The van der Waals surface area contributed by atoms with E-state index in [-0.39, 0.29) is 0 Å². The number of nitrogens with two attached hydrogens (primary N) is 1. The first-order valence-corrected chi connectivity index (χ1v) is 7.24. The molecule has 0 aliphatic carbocycles. The van der Waals surface area contributed by atoms with Crippen LogP contribution in [0.5, 0.6) is 0 Å². The van der Waals surface area contributed by atoms with E-state index in [1.54, 1.807) is 12.3 Å². The van der Waals surface area contributed by atoms with Crippen molar-refractivity contribution in [2.75, 3.05) is 48.7 Å². The third-order valence-corrected chi connectivity index (χ3v) is 3.86. The number of hydrogen-bond acceptors (Lipinski definition) is 5. The van der Waals surface area contributed by atoms with Crippen molar-refractivity contribution in [1.29, 1.82) is 0 Å². The van der Waals surface area contributed by atoms with E-state index in [0.717, 1.165) is 18.9 Å². The highest BCUT2D eigenvalue weighted by atomic mass is 35.5. The van der Waals surface area contributed by atoms with Crippen LogP contribution in [0.3, 0.4) is 0 Å². The molecule has 0 atom stereocenters. The van der Waals surface area contributed by atoms with Gasteiger partial charge < -0.3 is 11.1 Å². The number of pyridine rings is 1. The van der Waals surface area contributed by atoms with Crippen LogP contribution >= 0.6 is 23.4 Å². The van der Waals surface area contributed by atoms with Gasteiger partial charge in [0.25, 0.3) is 0 Å². The lowest BCUT2D eigenvalue weighted by Crippen LogP contribution is -2.36. The number of halogens is 1. The molecule has 94 valence electrons. The van der Waals surface area contributed by atoms with Gasteiger partial charge in [-0.15, -0.1) is 0 Å². The van der Waals surface area contributed by atoms with E-state index in [2.05, 4.69) is 15.2 Å². The molecule has 0 radical (unpaired) electrons. The van der Waals surface area contributed by atoms with Crippen LogP contribution < -0.4 is 11.1 Å². The first-order valence-electron chi connectivity index (χ1n) is 5.71. The molecule has 3 N–H and O–H groups in total. The van der Waals surface area contributed by atoms with E-state index in [0.29, 0.717) is 10.7 Å². The summed E-state index contributed by atoms with van der Waals surface area (Å²) in [6.07, 6.45) is 1.61. The molecule has 17 heavy (non-hydrogen) atoms. The molecule has 1 aromatic heterocycles. The molecule has 1 saturated heterocycles. The van der Waals surface area contributed by atoms with Crippen molar-refractivity contribution >= 4 is 34.9 Å². The Labute approximate surface area is 111 Å². The molecule has 0 unspecified atom stereocenters. The third kappa shape index (κ3) is 3.94. The van der Waals surface area contributed by atoms with Crippen LogP contribution in [0.2, 0.25) is 5.02 Å². The van der Waals surface area contributed by atoms with Gasteiger partial charge in [-0.05, 0) is 6.07 Å². The third-order valence-electron chi connectivity index (χ3n) is 2.71. The van der Waals surface area contributed by atoms with Gasteiger partial charge in [0, 0.05) is 43.9 Å². The molecule has 0 aromatic carbocycles. The number of nitrogens with zero attached hydrogens (tertiary/aromatic N) is 2. The van der Waals surface area contributed by atoms with Crippen molar-refractivity contribution < 1.29 is 0 Å². The average molecular weight is 273 g/mol. The van der Waals surface area contributed by atoms with Crippen LogP contribution in [0.25, 0.3) is 0 Å². The standard InChI is InChI=1S/C11H17ClN4S/c12-9-7-10(13)11(15-8-9)14-1-2-16-3-5-17-6-4-16/h7-8H,1-6,13H2,(H,14,15). The maximum atomic E-state index is 5.81. The fraction of sp³-hybridized carbons (Fsp3) is 0.545. The summed E-state index contributed by atoms with van der Waals surface area (Å²) in [6.45, 7) is 4.25. The zero-order valence-electron chi connectivity index (χ0n) is 9.66. The molecule has 6 heteroatoms. The molecular weight excluding hydrogens is 256 g/mol. The van der Waals surface area contributed by atoms with Crippen molar-refractivity contribution in [1.82, 2.24) is 9.88 Å². The molecule has 1 aliphatic rings. The summed E-state index contributed by atoms with van der Waals surface area (Å²) in [4.78, 5) is 6.62. The first kappa shape index (κ1) is 12.8. The van der Waals surface area contributed by atoms with E-state index in [4.69, 9.17) is 17.3 Å². The zero-order valence-corrected chi connectivity index (χ0v) is 11.2. The van der Waals surface area contributed by atoms with Crippen molar-refractivity contribution in [3.63, 3.8) is 0 Å². The largest absolute Gasteiger partial charge is 0.396 e. The first-order chi connectivity index (χ1) is 8.25. The molecule has 0 amide bonds. The second kappa shape index (κ2) is 6.33. The maximum absolute atomic E-state index is 5.81. The van der Waals surface area contributed by atoms with Crippen LogP contribution in [0.1, 0.15) is 0 Å². The summed E-state index contributed by atoms with van der Waals surface area (Å²) in [7, 11) is 0. The highest BCUT2D eigenvalue weighted by molar-refractivity contribution is 7.99. The fourth-order valence-corrected chi connectivity index (χ4v) is 2.90. The summed E-state index contributed by atoms with van der Waals surface area (Å²) in [5, 5.41) is 3.81. The van der Waals surface area contributed by atoms with Gasteiger partial charge in [0.15, 0.2) is 0 Å². The number of rotatable bonds is 4. The van der Waals surface area contributed by atoms with Gasteiger partial charge in [-0.1, -0.05) is 11.6 Å². The Morgan fingerprint density at radius 1 is 1.47 bits per heavy atom. The summed E-state index contributed by atoms with van der Waals surface area (Å²) >= 11 is 7.82. The minimum atomic E-state index is 0.570. The van der Waals surface area contributed by atoms with Crippen LogP contribution in [-0.4, -0.2) is 47.6 Å². The lowest BCUT2D eigenvalue weighted by atomic mass is 10.4. The predicted octanol–water partition coefficient (Wildman–Crippen LogP) is 1.78. The highest BCUT2D eigenvalue weighted by Crippen LogP contribution is 2.19. The minimum Gasteiger partial charge on any atom is -0.396 e. The summed E-state index contributed by atoms with van der Waals surface area (Å²) < 4.78 is 0. The second-order valence-corrected chi connectivity index (χ2v) is 5.63. The molecule has 1 aliphatic heterocycles. The van der Waals surface area contributed by atoms with Gasteiger partial charge in [-0.25, -0.2) is 4.98 Å². The van der Waals surface area contributed by atoms with Crippen molar-refractivity contribution in [2.45, 2.75) is 0 Å². The van der Waals surface area contributed by atoms with Gasteiger partial charge >= 0.3 is 0 Å². The minimum absolute atomic E-state index is 0.570. The van der Waals surface area contributed by atoms with Gasteiger partial charge in [-0.2, -0.15) is 11.8 Å². The molecule has 2 rings (SSSR count). The average Bonchev–Trinajstić information content (AvgIpc) is 2.33. The topological polar surface area (TPSA) is 54.2 Å². The predicted molar refractivity (Wildman–Crippen MR) is 75.9 cm³/mol. The zero-order chi connectivity index (χ0) is 12.1. The SMILES string of the molecule is Nc1cc(Cl)cnc1NCCN1CCSCC1. The normalized spacial score (nSPS) is 17.0. The number of hydrogen-bond donors (Lipinski definition) is 2. The van der Waals surface area contributed by atoms with Gasteiger partial charge in [0.1, 0.15) is 5.82 Å². The molecule has 2 heterocycles. The summed E-state index contributed by atoms with van der Waals surface area (Å²) in [5.41, 5.74) is 6.42. The second-order valence-electron chi connectivity index (χ2n) is 3.97. The fourth-order valence-electron chi connectivity index (χ4n) is 1.76. The molecular formula is C11H17ClN4S. The molecule has 4 nitrogen and oxygen atoms in total. The molecule has 1 aromatic rings. The van der Waals surface area contributed by atoms with Crippen LogP contribution in [0.15, 0.2) is 12.3 Å². The van der Waals surface area contributed by atoms with Gasteiger partial charge in [0.2, 0.25) is 0 Å². The van der Waals surface area contributed by atoms with Gasteiger partial charge in [-0.3, -0.25) is 4.90 Å². The lowest BCUT2D eigenvalue weighted by Gasteiger charge is -2.26. The number of nitrogens with one attached hydrogen (secondary N) is 1. The Morgan fingerprint density at radius 3 is 2.94 bits per heavy atom. The Hall–Kier alpha value is -0.650. The lowest BCUT2D eigenvalue weighted by molar-refractivity contribution is 0.314. The summed E-state index contributed by atoms with van der Waals surface area (Å²) in [5.74, 6) is 3.20. The number of anilines is 2. The monoisotopic (exact) mass is 272 g/mol. The smallest absolute Gasteiger partial charge is 0.149 e. The molecule has 0 bridgehead atoms. The van der Waals surface area contributed by atoms with Crippen molar-refractivity contribution in [3.05, 3.63) is 17.3 Å². The summed E-state index contributed by atoms with van der Waals surface area (Å²) in [6, 6.07) is 1.72. The van der Waals surface area contributed by atoms with Crippen LogP contribution in [0.4, 0.5) is 11.5 Å². The number of nitrogen functional groups attached to an aromatic ring is 1. The van der Waals surface area contributed by atoms with E-state index < -0.39 is 0 Å². The Morgan fingerprint density at radius 2 is 2.24 bits per heavy atom. The van der Waals surface area contributed by atoms with E-state index in [1.807, 2.05) is 11.8 Å². The Kier molecular flexibility index (Phi) is 4.76. The Balaban J connectivity index is 1.77. The Bertz CT molecular complexity index is 368. The van der Waals surface area contributed by atoms with Crippen molar-refractivity contribution in [2.24, 2.45) is 0 Å². The van der Waals surface area contributed by atoms with E-state index in [1.165, 1.54) is 24.6 Å². The quantitative estimate of drug-likeness (QED) is 0.875. The van der Waals surface area contributed by atoms with Crippen LogP contribution in [0, 0.1) is 0 Å². The molecule has 0 spiro atoms. The van der Waals surface area contributed by atoms with Crippen molar-refractivity contribution in [3.8, 4) is 0 Å². The van der Waals surface area contributed by atoms with E-state index >= 15 is 0 Å². The number of aromatic nitrogens is 1. The van der Waals surface area contributed by atoms with Crippen LogP contribution in [-0.2, 0) is 0 Å². The highest BCUT2D eigenvalue weighted by Gasteiger charge is 2.09. The number of thioether (sulfide) groups is 1. The van der Waals surface area contributed by atoms with Gasteiger partial charge in [0.05, 0.1) is 10.7 Å². The maximum Gasteiger partial charge on any atom is 0.149 e.